The van der Waals surface area contributed by atoms with Gasteiger partial charge in [-0.2, -0.15) is 5.10 Å². The van der Waals surface area contributed by atoms with Crippen LogP contribution in [0.1, 0.15) is 31.4 Å². The number of nitrogens with zero attached hydrogens (tertiary/aromatic N) is 2. The third-order valence-corrected chi connectivity index (χ3v) is 3.93. The monoisotopic (exact) mass is 257 g/mol. The number of nitrogens with two attached hydrogens (primary N) is 1. The Morgan fingerprint density at radius 3 is 2.58 bits per heavy atom. The normalized spacial score (nSPS) is 17.8. The lowest BCUT2D eigenvalue weighted by Gasteiger charge is -2.23. The zero-order chi connectivity index (χ0) is 13.3. The van der Waals surface area contributed by atoms with E-state index in [4.69, 9.17) is 10.5 Å². The molecule has 0 spiro atoms. The molecule has 4 heteroatoms. The number of ether oxygens (including phenoxy) is 1. The van der Waals surface area contributed by atoms with Crippen LogP contribution in [0.3, 0.4) is 0 Å². The van der Waals surface area contributed by atoms with E-state index in [0.717, 1.165) is 29.3 Å². The lowest BCUT2D eigenvalue weighted by molar-refractivity contribution is 0.214. The molecule has 0 unspecified atom stereocenters. The van der Waals surface area contributed by atoms with Gasteiger partial charge in [0.05, 0.1) is 11.2 Å². The number of aromatic nitrogens is 2. The minimum atomic E-state index is -0.187. The lowest BCUT2D eigenvalue weighted by atomic mass is 10.0. The first-order valence-electron chi connectivity index (χ1n) is 6.82. The molecule has 19 heavy (non-hydrogen) atoms. The second kappa shape index (κ2) is 4.78. The summed E-state index contributed by atoms with van der Waals surface area (Å²) in [4.78, 5) is 0. The van der Waals surface area contributed by atoms with Gasteiger partial charge >= 0.3 is 0 Å². The Hall–Kier alpha value is -1.68. The van der Waals surface area contributed by atoms with Crippen molar-refractivity contribution < 1.29 is 4.74 Å². The minimum Gasteiger partial charge on any atom is -0.474 e. The number of hydrogen-bond acceptors (Lipinski definition) is 4. The van der Waals surface area contributed by atoms with Crippen LogP contribution in [0.15, 0.2) is 24.3 Å². The summed E-state index contributed by atoms with van der Waals surface area (Å²) in [6.07, 6.45) is 4.45. The molecule has 4 nitrogen and oxygen atoms in total. The van der Waals surface area contributed by atoms with Gasteiger partial charge in [0.2, 0.25) is 5.88 Å². The van der Waals surface area contributed by atoms with Gasteiger partial charge < -0.3 is 10.5 Å². The second-order valence-corrected chi connectivity index (χ2v) is 5.49. The van der Waals surface area contributed by atoms with Gasteiger partial charge in [-0.15, -0.1) is 5.10 Å². The van der Waals surface area contributed by atoms with Crippen molar-refractivity contribution in [2.45, 2.75) is 38.1 Å². The summed E-state index contributed by atoms with van der Waals surface area (Å²) in [5, 5.41) is 10.4. The smallest absolute Gasteiger partial charge is 0.241 e. The Bertz CT molecular complexity index is 591. The molecule has 1 aromatic carbocycles. The highest BCUT2D eigenvalue weighted by Crippen LogP contribution is 2.29. The van der Waals surface area contributed by atoms with Crippen LogP contribution in [-0.2, 0) is 0 Å². The number of rotatable bonds is 3. The van der Waals surface area contributed by atoms with Crippen LogP contribution < -0.4 is 10.5 Å². The molecule has 1 heterocycles. The Morgan fingerprint density at radius 1 is 1.16 bits per heavy atom. The summed E-state index contributed by atoms with van der Waals surface area (Å²) >= 11 is 0. The SMILES string of the molecule is Cc1nnc(OCC2(N)CCCC2)c2ccccc12. The van der Waals surface area contributed by atoms with E-state index in [1.807, 2.05) is 31.2 Å². The molecule has 0 aliphatic heterocycles. The number of fused-ring (bicyclic) bond motifs is 1. The highest BCUT2D eigenvalue weighted by Gasteiger charge is 2.30. The average molecular weight is 257 g/mol. The molecule has 2 aromatic rings. The first-order valence-corrected chi connectivity index (χ1v) is 6.82. The molecular formula is C15H19N3O. The largest absolute Gasteiger partial charge is 0.474 e. The van der Waals surface area contributed by atoms with Crippen molar-refractivity contribution in [3.05, 3.63) is 30.0 Å². The van der Waals surface area contributed by atoms with E-state index in [1.54, 1.807) is 0 Å². The summed E-state index contributed by atoms with van der Waals surface area (Å²) in [6, 6.07) is 8.05. The van der Waals surface area contributed by atoms with E-state index in [-0.39, 0.29) is 5.54 Å². The van der Waals surface area contributed by atoms with Crippen molar-refractivity contribution in [2.75, 3.05) is 6.61 Å². The molecule has 0 atom stereocenters. The van der Waals surface area contributed by atoms with Gasteiger partial charge in [0.1, 0.15) is 6.61 Å². The molecule has 0 amide bonds. The molecule has 2 N–H and O–H groups in total. The zero-order valence-electron chi connectivity index (χ0n) is 11.2. The molecular weight excluding hydrogens is 238 g/mol. The van der Waals surface area contributed by atoms with Crippen LogP contribution >= 0.6 is 0 Å². The average Bonchev–Trinajstić information content (AvgIpc) is 2.86. The molecule has 1 aliphatic carbocycles. The van der Waals surface area contributed by atoms with Gasteiger partial charge in [-0.05, 0) is 25.8 Å². The van der Waals surface area contributed by atoms with Gasteiger partial charge in [0.15, 0.2) is 0 Å². The molecule has 3 rings (SSSR count). The Morgan fingerprint density at radius 2 is 1.84 bits per heavy atom. The molecule has 1 aromatic heterocycles. The maximum atomic E-state index is 6.31. The van der Waals surface area contributed by atoms with Crippen LogP contribution in [0.5, 0.6) is 5.88 Å². The zero-order valence-corrected chi connectivity index (χ0v) is 11.2. The van der Waals surface area contributed by atoms with Gasteiger partial charge in [0.25, 0.3) is 0 Å². The fourth-order valence-corrected chi connectivity index (χ4v) is 2.76. The highest BCUT2D eigenvalue weighted by molar-refractivity contribution is 5.88. The summed E-state index contributed by atoms with van der Waals surface area (Å²) < 4.78 is 5.86. The van der Waals surface area contributed by atoms with Gasteiger partial charge in [-0.25, -0.2) is 0 Å². The topological polar surface area (TPSA) is 61.0 Å². The van der Waals surface area contributed by atoms with Crippen LogP contribution in [0, 0.1) is 6.92 Å². The maximum Gasteiger partial charge on any atom is 0.241 e. The van der Waals surface area contributed by atoms with Crippen molar-refractivity contribution in [1.29, 1.82) is 0 Å². The predicted octanol–water partition coefficient (Wildman–Crippen LogP) is 2.59. The van der Waals surface area contributed by atoms with Crippen molar-refractivity contribution in [2.24, 2.45) is 5.73 Å². The summed E-state index contributed by atoms with van der Waals surface area (Å²) in [5.41, 5.74) is 7.04. The molecule has 1 fully saturated rings. The summed E-state index contributed by atoms with van der Waals surface area (Å²) in [5.74, 6) is 0.595. The maximum absolute atomic E-state index is 6.31. The first kappa shape index (κ1) is 12.4. The van der Waals surface area contributed by atoms with Crippen LogP contribution in [0.2, 0.25) is 0 Å². The molecule has 1 aliphatic rings. The van der Waals surface area contributed by atoms with Crippen LogP contribution in [0.25, 0.3) is 10.8 Å². The number of benzene rings is 1. The van der Waals surface area contributed by atoms with Crippen molar-refractivity contribution in [3.63, 3.8) is 0 Å². The molecule has 1 saturated carbocycles. The lowest BCUT2D eigenvalue weighted by Crippen LogP contribution is -2.42. The van der Waals surface area contributed by atoms with E-state index in [2.05, 4.69) is 10.2 Å². The minimum absolute atomic E-state index is 0.187. The molecule has 0 bridgehead atoms. The highest BCUT2D eigenvalue weighted by atomic mass is 16.5. The van der Waals surface area contributed by atoms with Crippen LogP contribution in [0.4, 0.5) is 0 Å². The molecule has 0 saturated heterocycles. The Balaban J connectivity index is 1.87. The van der Waals surface area contributed by atoms with Crippen molar-refractivity contribution >= 4 is 10.8 Å². The Kier molecular flexibility index (Phi) is 3.11. The third-order valence-electron chi connectivity index (χ3n) is 3.93. The Labute approximate surface area is 113 Å². The standard InChI is InChI=1S/C15H19N3O/c1-11-12-6-2-3-7-13(12)14(18-17-11)19-10-15(16)8-4-5-9-15/h2-3,6-7H,4-5,8-10,16H2,1H3. The van der Waals surface area contributed by atoms with E-state index in [1.165, 1.54) is 12.8 Å². The van der Waals surface area contributed by atoms with Crippen molar-refractivity contribution in [3.8, 4) is 5.88 Å². The van der Waals surface area contributed by atoms with Crippen LogP contribution in [-0.4, -0.2) is 22.3 Å². The first-order chi connectivity index (χ1) is 9.18. The van der Waals surface area contributed by atoms with E-state index < -0.39 is 0 Å². The predicted molar refractivity (Wildman–Crippen MR) is 75.2 cm³/mol. The summed E-state index contributed by atoms with van der Waals surface area (Å²) in [6.45, 7) is 2.48. The van der Waals surface area contributed by atoms with E-state index in [9.17, 15) is 0 Å². The van der Waals surface area contributed by atoms with Gasteiger partial charge in [-0.3, -0.25) is 0 Å². The fraction of sp³-hybridized carbons (Fsp3) is 0.467. The van der Waals surface area contributed by atoms with Gasteiger partial charge in [-0.1, -0.05) is 31.0 Å². The number of aryl methyl sites for hydroxylation is 1. The third kappa shape index (κ3) is 2.40. The van der Waals surface area contributed by atoms with E-state index >= 15 is 0 Å². The summed E-state index contributed by atoms with van der Waals surface area (Å²) in [7, 11) is 0. The fourth-order valence-electron chi connectivity index (χ4n) is 2.76. The quantitative estimate of drug-likeness (QED) is 0.918. The van der Waals surface area contributed by atoms with Crippen molar-refractivity contribution in [1.82, 2.24) is 10.2 Å². The molecule has 100 valence electrons. The van der Waals surface area contributed by atoms with E-state index in [0.29, 0.717) is 12.5 Å². The molecule has 0 radical (unpaired) electrons. The van der Waals surface area contributed by atoms with Gasteiger partial charge in [0, 0.05) is 10.8 Å². The second-order valence-electron chi connectivity index (χ2n) is 5.49. The number of hydrogen-bond donors (Lipinski definition) is 1.